The largest absolute Gasteiger partial charge is 0.503 e. The summed E-state index contributed by atoms with van der Waals surface area (Å²) in [6.45, 7) is 3.14. The molecule has 0 aliphatic carbocycles. The zero-order chi connectivity index (χ0) is 23.9. The molecule has 0 spiro atoms. The summed E-state index contributed by atoms with van der Waals surface area (Å²) in [6, 6.07) is 8.86. The molecule has 0 amide bonds. The van der Waals surface area contributed by atoms with Gasteiger partial charge in [-0.1, -0.05) is 23.4 Å². The molecule has 0 fully saturated rings. The molecule has 0 aliphatic heterocycles. The molecule has 2 aromatic carbocycles. The van der Waals surface area contributed by atoms with Crippen LogP contribution in [0.4, 0.5) is 13.2 Å². The lowest BCUT2D eigenvalue weighted by Gasteiger charge is -2.15. The van der Waals surface area contributed by atoms with Gasteiger partial charge in [-0.05, 0) is 43.2 Å². The van der Waals surface area contributed by atoms with Crippen molar-refractivity contribution < 1.29 is 37.0 Å². The maximum Gasteiger partial charge on any atom is 0.417 e. The highest BCUT2D eigenvalue weighted by Gasteiger charge is 2.34. The van der Waals surface area contributed by atoms with Crippen molar-refractivity contribution in [2.24, 2.45) is 5.16 Å². The van der Waals surface area contributed by atoms with Gasteiger partial charge < -0.3 is 19.0 Å². The Morgan fingerprint density at radius 1 is 1.09 bits per heavy atom. The van der Waals surface area contributed by atoms with Crippen LogP contribution < -0.4 is 4.74 Å². The molecule has 0 saturated heterocycles. The Balaban J connectivity index is 2.37. The molecule has 6 nitrogen and oxygen atoms in total. The summed E-state index contributed by atoms with van der Waals surface area (Å²) in [7, 11) is 3.94. The first-order valence-corrected chi connectivity index (χ1v) is 9.46. The van der Waals surface area contributed by atoms with Gasteiger partial charge in [0.15, 0.2) is 0 Å². The van der Waals surface area contributed by atoms with Crippen LogP contribution in [0.25, 0.3) is 5.57 Å². The van der Waals surface area contributed by atoms with E-state index in [2.05, 4.69) is 5.16 Å². The monoisotopic (exact) mass is 451 g/mol. The number of benzene rings is 2. The Kier molecular flexibility index (Phi) is 8.28. The standard InChI is InChI=1S/C23H24F3NO5/c1-14-7-6-8-18(20(12-29-3)22(28)31-5)19(14)13-32-27-15(2)17-10-9-16(30-4)11-21(17)23(24,25)26/h6-12H,13H2,1-5H3/b20-12+,27-15+. The Labute approximate surface area is 184 Å². The number of oxime groups is 1. The first-order chi connectivity index (χ1) is 15.1. The van der Waals surface area contributed by atoms with Crippen molar-refractivity contribution in [1.82, 2.24) is 0 Å². The van der Waals surface area contributed by atoms with E-state index in [1.807, 2.05) is 13.0 Å². The van der Waals surface area contributed by atoms with Crippen LogP contribution in [-0.2, 0) is 31.9 Å². The normalized spacial score (nSPS) is 12.4. The van der Waals surface area contributed by atoms with Gasteiger partial charge in [0.05, 0.1) is 38.9 Å². The number of esters is 1. The zero-order valence-corrected chi connectivity index (χ0v) is 18.4. The molecule has 0 heterocycles. The summed E-state index contributed by atoms with van der Waals surface area (Å²) >= 11 is 0. The van der Waals surface area contributed by atoms with Crippen LogP contribution in [0.1, 0.15) is 34.7 Å². The minimum absolute atomic E-state index is 0.0377. The summed E-state index contributed by atoms with van der Waals surface area (Å²) in [5.41, 5.74) is 1.12. The van der Waals surface area contributed by atoms with Gasteiger partial charge in [0, 0.05) is 11.1 Å². The highest BCUT2D eigenvalue weighted by atomic mass is 19.4. The molecule has 2 rings (SSSR count). The molecular weight excluding hydrogens is 427 g/mol. The minimum Gasteiger partial charge on any atom is -0.503 e. The number of alkyl halides is 3. The van der Waals surface area contributed by atoms with E-state index in [0.717, 1.165) is 11.6 Å². The van der Waals surface area contributed by atoms with E-state index in [9.17, 15) is 18.0 Å². The Hall–Kier alpha value is -3.49. The first kappa shape index (κ1) is 24.8. The number of nitrogens with zero attached hydrogens (tertiary/aromatic N) is 1. The van der Waals surface area contributed by atoms with E-state index in [-0.39, 0.29) is 29.2 Å². The maximum atomic E-state index is 13.5. The third kappa shape index (κ3) is 5.81. The quantitative estimate of drug-likeness (QED) is 0.183. The molecule has 0 radical (unpaired) electrons. The average molecular weight is 451 g/mol. The number of rotatable bonds is 8. The molecule has 9 heteroatoms. The van der Waals surface area contributed by atoms with Gasteiger partial charge in [0.2, 0.25) is 0 Å². The van der Waals surface area contributed by atoms with E-state index < -0.39 is 17.7 Å². The van der Waals surface area contributed by atoms with E-state index in [1.165, 1.54) is 46.6 Å². The number of carbonyl (C=O) groups is 1. The molecule has 172 valence electrons. The lowest BCUT2D eigenvalue weighted by Crippen LogP contribution is -2.13. The Morgan fingerprint density at radius 3 is 2.41 bits per heavy atom. The number of ether oxygens (including phenoxy) is 3. The van der Waals surface area contributed by atoms with E-state index in [1.54, 1.807) is 12.1 Å². The molecule has 2 aromatic rings. The van der Waals surface area contributed by atoms with Gasteiger partial charge in [-0.3, -0.25) is 0 Å². The smallest absolute Gasteiger partial charge is 0.417 e. The van der Waals surface area contributed by atoms with Gasteiger partial charge in [-0.15, -0.1) is 0 Å². The van der Waals surface area contributed by atoms with Crippen molar-refractivity contribution in [2.75, 3.05) is 21.3 Å². The molecule has 0 bridgehead atoms. The van der Waals surface area contributed by atoms with Crippen LogP contribution in [-0.4, -0.2) is 33.0 Å². The molecule has 0 aliphatic rings. The van der Waals surface area contributed by atoms with Crippen molar-refractivity contribution in [2.45, 2.75) is 26.6 Å². The van der Waals surface area contributed by atoms with Gasteiger partial charge >= 0.3 is 12.1 Å². The molecule has 0 N–H and O–H groups in total. The van der Waals surface area contributed by atoms with Crippen LogP contribution in [0, 0.1) is 6.92 Å². The fraction of sp³-hybridized carbons (Fsp3) is 0.304. The predicted octanol–water partition coefficient (Wildman–Crippen LogP) is 5.12. The van der Waals surface area contributed by atoms with E-state index in [0.29, 0.717) is 11.1 Å². The summed E-state index contributed by atoms with van der Waals surface area (Å²) in [5, 5.41) is 3.88. The minimum atomic E-state index is -4.59. The molecule has 0 aromatic heterocycles. The number of aryl methyl sites for hydroxylation is 1. The predicted molar refractivity (Wildman–Crippen MR) is 113 cm³/mol. The lowest BCUT2D eigenvalue weighted by atomic mass is 9.97. The summed E-state index contributed by atoms with van der Waals surface area (Å²) in [5.74, 6) is -0.522. The highest BCUT2D eigenvalue weighted by molar-refractivity contribution is 6.16. The Bertz CT molecular complexity index is 1030. The van der Waals surface area contributed by atoms with Crippen molar-refractivity contribution >= 4 is 17.3 Å². The van der Waals surface area contributed by atoms with E-state index >= 15 is 0 Å². The third-order valence-electron chi connectivity index (χ3n) is 4.67. The fourth-order valence-corrected chi connectivity index (χ4v) is 3.04. The average Bonchev–Trinajstić information content (AvgIpc) is 2.77. The van der Waals surface area contributed by atoms with Crippen LogP contribution in [0.2, 0.25) is 0 Å². The second kappa shape index (κ2) is 10.7. The molecular formula is C23H24F3NO5. The molecule has 0 atom stereocenters. The number of hydrogen-bond donors (Lipinski definition) is 0. The lowest BCUT2D eigenvalue weighted by molar-refractivity contribution is -0.138. The second-order valence-corrected chi connectivity index (χ2v) is 6.72. The number of methoxy groups -OCH3 is 3. The fourth-order valence-electron chi connectivity index (χ4n) is 3.04. The van der Waals surface area contributed by atoms with Crippen LogP contribution >= 0.6 is 0 Å². The number of hydrogen-bond acceptors (Lipinski definition) is 6. The summed E-state index contributed by atoms with van der Waals surface area (Å²) < 4.78 is 55.1. The van der Waals surface area contributed by atoms with Crippen molar-refractivity contribution in [3.63, 3.8) is 0 Å². The number of halogens is 3. The number of carbonyl (C=O) groups excluding carboxylic acids is 1. The van der Waals surface area contributed by atoms with Gasteiger partial charge in [0.1, 0.15) is 17.9 Å². The van der Waals surface area contributed by atoms with Gasteiger partial charge in [0.25, 0.3) is 0 Å². The SMILES string of the molecule is CO/C=C(/C(=O)OC)c1cccc(C)c1CO/N=C(\C)c1ccc(OC)cc1C(F)(F)F. The molecule has 0 saturated carbocycles. The van der Waals surface area contributed by atoms with Gasteiger partial charge in [-0.25, -0.2) is 4.79 Å². The van der Waals surface area contributed by atoms with Crippen LogP contribution in [0.5, 0.6) is 5.75 Å². The van der Waals surface area contributed by atoms with Crippen molar-refractivity contribution in [3.05, 3.63) is 70.5 Å². The third-order valence-corrected chi connectivity index (χ3v) is 4.67. The zero-order valence-electron chi connectivity index (χ0n) is 18.4. The summed E-state index contributed by atoms with van der Waals surface area (Å²) in [6.07, 6.45) is -3.34. The topological polar surface area (TPSA) is 66.4 Å². The second-order valence-electron chi connectivity index (χ2n) is 6.72. The summed E-state index contributed by atoms with van der Waals surface area (Å²) in [4.78, 5) is 17.6. The first-order valence-electron chi connectivity index (χ1n) is 9.46. The van der Waals surface area contributed by atoms with Crippen molar-refractivity contribution in [3.8, 4) is 5.75 Å². The van der Waals surface area contributed by atoms with Crippen LogP contribution in [0.15, 0.2) is 47.8 Å². The van der Waals surface area contributed by atoms with E-state index in [4.69, 9.17) is 19.0 Å². The maximum absolute atomic E-state index is 13.5. The Morgan fingerprint density at radius 2 is 1.81 bits per heavy atom. The van der Waals surface area contributed by atoms with Crippen molar-refractivity contribution in [1.29, 1.82) is 0 Å². The highest BCUT2D eigenvalue weighted by Crippen LogP contribution is 2.35. The van der Waals surface area contributed by atoms with Crippen LogP contribution in [0.3, 0.4) is 0 Å². The molecule has 32 heavy (non-hydrogen) atoms. The molecule has 0 unspecified atom stereocenters. The van der Waals surface area contributed by atoms with Gasteiger partial charge in [-0.2, -0.15) is 13.2 Å².